The van der Waals surface area contributed by atoms with Crippen molar-refractivity contribution in [3.63, 3.8) is 0 Å². The van der Waals surface area contributed by atoms with Crippen LogP contribution in [0.15, 0.2) is 82.5 Å². The number of nitro groups is 1. The van der Waals surface area contributed by atoms with Crippen LogP contribution in [0.2, 0.25) is 0 Å². The van der Waals surface area contributed by atoms with Crippen LogP contribution in [0.3, 0.4) is 0 Å². The highest BCUT2D eigenvalue weighted by Gasteiger charge is 2.61. The molecule has 3 heterocycles. The molecule has 0 spiro atoms. The van der Waals surface area contributed by atoms with Crippen LogP contribution >= 0.6 is 0 Å². The molecule has 2 aromatic carbocycles. The van der Waals surface area contributed by atoms with Gasteiger partial charge in [-0.05, 0) is 17.7 Å². The van der Waals surface area contributed by atoms with Crippen LogP contribution in [0.1, 0.15) is 39.2 Å². The number of rotatable bonds is 4. The van der Waals surface area contributed by atoms with E-state index in [1.807, 2.05) is 30.3 Å². The monoisotopic (exact) mass is 387 g/mol. The minimum Gasteiger partial charge on any atom is -0.469 e. The zero-order valence-corrected chi connectivity index (χ0v) is 15.3. The normalized spacial score (nSPS) is 24.8. The summed E-state index contributed by atoms with van der Waals surface area (Å²) in [6.45, 7) is 0. The van der Waals surface area contributed by atoms with Gasteiger partial charge in [-0.2, -0.15) is 5.10 Å². The molecular weight excluding hydrogens is 370 g/mol. The van der Waals surface area contributed by atoms with Gasteiger partial charge in [0.25, 0.3) is 6.04 Å². The topological polar surface area (TPSA) is 88.9 Å². The molecule has 0 unspecified atom stereocenters. The molecule has 144 valence electrons. The van der Waals surface area contributed by atoms with Gasteiger partial charge in [-0.3, -0.25) is 19.9 Å². The number of Topliss-reactive ketones (excluding diaryl/α,β-unsaturated/α-hetero) is 1. The van der Waals surface area contributed by atoms with Crippen molar-refractivity contribution in [1.29, 1.82) is 0 Å². The minimum absolute atomic E-state index is 0.210. The lowest BCUT2D eigenvalue weighted by molar-refractivity contribution is -0.529. The van der Waals surface area contributed by atoms with E-state index in [2.05, 4.69) is 5.10 Å². The van der Waals surface area contributed by atoms with Crippen LogP contribution in [0, 0.1) is 10.1 Å². The second kappa shape index (κ2) is 6.70. The lowest BCUT2D eigenvalue weighted by Gasteiger charge is -2.30. The van der Waals surface area contributed by atoms with Gasteiger partial charge in [0.2, 0.25) is 0 Å². The van der Waals surface area contributed by atoms with Crippen molar-refractivity contribution in [2.75, 3.05) is 0 Å². The van der Waals surface area contributed by atoms with E-state index >= 15 is 0 Å². The molecule has 0 radical (unpaired) electrons. The quantitative estimate of drug-likeness (QED) is 0.387. The highest BCUT2D eigenvalue weighted by atomic mass is 16.6. The average Bonchev–Trinajstić information content (AvgIpc) is 3.39. The number of hydrogen-bond donors (Lipinski definition) is 0. The Morgan fingerprint density at radius 1 is 1.03 bits per heavy atom. The number of furan rings is 1. The number of hydrazone groups is 1. The molecule has 1 saturated heterocycles. The lowest BCUT2D eigenvalue weighted by atomic mass is 9.85. The maximum Gasteiger partial charge on any atom is 0.251 e. The maximum absolute atomic E-state index is 13.5. The van der Waals surface area contributed by atoms with Gasteiger partial charge in [-0.25, -0.2) is 0 Å². The number of fused-ring (bicyclic) bond motifs is 3. The Hall–Kier alpha value is -3.74. The Morgan fingerprint density at radius 3 is 2.52 bits per heavy atom. The summed E-state index contributed by atoms with van der Waals surface area (Å²) in [5.74, 6) is -0.554. The van der Waals surface area contributed by atoms with Crippen molar-refractivity contribution < 1.29 is 14.1 Å². The van der Waals surface area contributed by atoms with Gasteiger partial charge in [0.15, 0.2) is 5.78 Å². The summed E-state index contributed by atoms with van der Waals surface area (Å²) in [5.41, 5.74) is 2.11. The summed E-state index contributed by atoms with van der Waals surface area (Å²) in [5, 5.41) is 18.3. The van der Waals surface area contributed by atoms with Crippen molar-refractivity contribution in [2.24, 2.45) is 5.10 Å². The fraction of sp³-hybridized carbons (Fsp3) is 0.182. The fourth-order valence-electron chi connectivity index (χ4n) is 4.48. The first kappa shape index (κ1) is 17.4. The molecule has 2 aliphatic heterocycles. The number of ketones is 1. The Kier molecular flexibility index (Phi) is 4.01. The van der Waals surface area contributed by atoms with Crippen LogP contribution < -0.4 is 0 Å². The summed E-state index contributed by atoms with van der Waals surface area (Å²) in [6, 6.07) is 17.1. The minimum atomic E-state index is -1.07. The summed E-state index contributed by atoms with van der Waals surface area (Å²) < 4.78 is 5.57. The lowest BCUT2D eigenvalue weighted by Crippen LogP contribution is -2.38. The van der Waals surface area contributed by atoms with Gasteiger partial charge in [-0.15, -0.1) is 0 Å². The van der Waals surface area contributed by atoms with Crippen molar-refractivity contribution in [3.05, 3.63) is 106 Å². The predicted octanol–water partition coefficient (Wildman–Crippen LogP) is 3.66. The van der Waals surface area contributed by atoms with E-state index in [0.29, 0.717) is 11.3 Å². The maximum atomic E-state index is 13.5. The zero-order chi connectivity index (χ0) is 20.0. The van der Waals surface area contributed by atoms with E-state index in [-0.39, 0.29) is 10.7 Å². The van der Waals surface area contributed by atoms with Crippen LogP contribution in [0.4, 0.5) is 0 Å². The first-order valence-electron chi connectivity index (χ1n) is 9.34. The van der Waals surface area contributed by atoms with Crippen LogP contribution in [-0.4, -0.2) is 34.0 Å². The summed E-state index contributed by atoms with van der Waals surface area (Å²) in [7, 11) is 0. The second-order valence-corrected chi connectivity index (χ2v) is 7.19. The molecular formula is C22H17N3O4. The van der Waals surface area contributed by atoms with Crippen LogP contribution in [0.25, 0.3) is 0 Å². The van der Waals surface area contributed by atoms with Gasteiger partial charge in [-0.1, -0.05) is 54.6 Å². The van der Waals surface area contributed by atoms with Crippen molar-refractivity contribution in [2.45, 2.75) is 24.0 Å². The Labute approximate surface area is 166 Å². The predicted molar refractivity (Wildman–Crippen MR) is 105 cm³/mol. The van der Waals surface area contributed by atoms with Gasteiger partial charge < -0.3 is 4.42 Å². The number of benzene rings is 2. The van der Waals surface area contributed by atoms with E-state index in [4.69, 9.17) is 4.42 Å². The van der Waals surface area contributed by atoms with E-state index in [1.165, 1.54) is 6.26 Å². The summed E-state index contributed by atoms with van der Waals surface area (Å²) in [6.07, 6.45) is 3.14. The molecule has 4 atom stereocenters. The zero-order valence-electron chi connectivity index (χ0n) is 15.3. The third kappa shape index (κ3) is 2.66. The third-order valence-corrected chi connectivity index (χ3v) is 5.69. The smallest absolute Gasteiger partial charge is 0.251 e. The molecule has 0 bridgehead atoms. The van der Waals surface area contributed by atoms with Gasteiger partial charge in [0, 0.05) is 16.1 Å². The molecule has 0 aliphatic carbocycles. The molecule has 1 aromatic heterocycles. The molecule has 29 heavy (non-hydrogen) atoms. The molecule has 5 rings (SSSR count). The van der Waals surface area contributed by atoms with E-state index in [9.17, 15) is 14.9 Å². The fourth-order valence-corrected chi connectivity index (χ4v) is 4.48. The number of nitrogens with zero attached hydrogens (tertiary/aromatic N) is 3. The van der Waals surface area contributed by atoms with Crippen LogP contribution in [-0.2, 0) is 0 Å². The average molecular weight is 387 g/mol. The first-order chi connectivity index (χ1) is 14.2. The van der Waals surface area contributed by atoms with Crippen molar-refractivity contribution in [3.8, 4) is 0 Å². The number of carbonyl (C=O) groups is 1. The van der Waals surface area contributed by atoms with Crippen molar-refractivity contribution in [1.82, 2.24) is 5.01 Å². The molecule has 1 fully saturated rings. The molecule has 7 nitrogen and oxygen atoms in total. The highest BCUT2D eigenvalue weighted by Crippen LogP contribution is 2.49. The van der Waals surface area contributed by atoms with Crippen molar-refractivity contribution >= 4 is 12.0 Å². The Balaban J connectivity index is 1.70. The van der Waals surface area contributed by atoms with Crippen LogP contribution in [0.5, 0.6) is 0 Å². The number of hydrogen-bond acceptors (Lipinski definition) is 6. The number of carbonyl (C=O) groups excluding carboxylic acids is 1. The first-order valence-corrected chi connectivity index (χ1v) is 9.34. The van der Waals surface area contributed by atoms with Gasteiger partial charge in [0.05, 0.1) is 12.5 Å². The van der Waals surface area contributed by atoms with E-state index < -0.39 is 24.0 Å². The summed E-state index contributed by atoms with van der Waals surface area (Å²) in [4.78, 5) is 25.5. The standard InChI is InChI=1S/C22H17N3O4/c26-22(14-7-2-1-3-8-14)21-18(17-11-6-12-29-17)20(25(27)28)19-16-10-5-4-9-15(16)13-23-24(19)21/h1-13,18-21H/t18-,19-,20-,21-/m1/s1. The third-order valence-electron chi connectivity index (χ3n) is 5.69. The SMILES string of the molecule is O=C(c1ccccc1)[C@H]1[C@H](c2ccco2)[C@@H]([N+](=O)[O-])[C@H]2c3ccccc3C=NN21. The van der Waals surface area contributed by atoms with Gasteiger partial charge in [0.1, 0.15) is 23.8 Å². The van der Waals surface area contributed by atoms with E-state index in [0.717, 1.165) is 11.1 Å². The highest BCUT2D eigenvalue weighted by molar-refractivity contribution is 6.01. The summed E-state index contributed by atoms with van der Waals surface area (Å²) >= 11 is 0. The molecule has 7 heteroatoms. The molecule has 2 aliphatic rings. The largest absolute Gasteiger partial charge is 0.469 e. The molecule has 0 amide bonds. The molecule has 0 N–H and O–H groups in total. The Bertz CT molecular complexity index is 1090. The van der Waals surface area contributed by atoms with E-state index in [1.54, 1.807) is 47.6 Å². The van der Waals surface area contributed by atoms with Gasteiger partial charge >= 0.3 is 0 Å². The Morgan fingerprint density at radius 2 is 1.79 bits per heavy atom. The molecule has 0 saturated carbocycles. The molecule has 3 aromatic rings. The second-order valence-electron chi connectivity index (χ2n) is 7.19.